The van der Waals surface area contributed by atoms with Crippen LogP contribution in [0.25, 0.3) is 0 Å². The van der Waals surface area contributed by atoms with E-state index in [1.54, 1.807) is 0 Å². The molecular weight excluding hydrogens is 172 g/mol. The van der Waals surface area contributed by atoms with Gasteiger partial charge in [-0.05, 0) is 19.4 Å². The highest BCUT2D eigenvalue weighted by atomic mass is 16.4. The van der Waals surface area contributed by atoms with Gasteiger partial charge in [0.15, 0.2) is 0 Å². The number of amides is 1. The Labute approximate surface area is 76.3 Å². The van der Waals surface area contributed by atoms with Gasteiger partial charge >= 0.3 is 5.97 Å². The van der Waals surface area contributed by atoms with Gasteiger partial charge in [-0.3, -0.25) is 9.59 Å². The second kappa shape index (κ2) is 4.23. The summed E-state index contributed by atoms with van der Waals surface area (Å²) in [7, 11) is 0. The van der Waals surface area contributed by atoms with Crippen LogP contribution in [0.2, 0.25) is 0 Å². The first-order chi connectivity index (χ1) is 6.16. The predicted octanol–water partition coefficient (Wildman–Crippen LogP) is -0.828. The third-order valence-electron chi connectivity index (χ3n) is 2.12. The molecule has 1 saturated carbocycles. The van der Waals surface area contributed by atoms with E-state index in [9.17, 15) is 9.59 Å². The summed E-state index contributed by atoms with van der Waals surface area (Å²) in [5, 5.41) is 11.2. The van der Waals surface area contributed by atoms with Gasteiger partial charge in [0.05, 0.1) is 11.8 Å². The molecule has 0 radical (unpaired) electrons. The van der Waals surface area contributed by atoms with Crippen molar-refractivity contribution >= 4 is 11.9 Å². The Kier molecular flexibility index (Phi) is 3.25. The molecule has 1 amide bonds. The number of hydrogen-bond acceptors (Lipinski definition) is 3. The number of carboxylic acids is 1. The largest absolute Gasteiger partial charge is 0.481 e. The number of carbonyl (C=O) groups is 2. The number of carboxylic acid groups (broad SMARTS) is 1. The summed E-state index contributed by atoms with van der Waals surface area (Å²) in [5.74, 6) is -1.80. The number of carbonyl (C=O) groups excluding carboxylic acids is 1. The maximum Gasteiger partial charge on any atom is 0.307 e. The Morgan fingerprint density at radius 2 is 2.15 bits per heavy atom. The van der Waals surface area contributed by atoms with Gasteiger partial charge in [-0.25, -0.2) is 0 Å². The molecular formula is C8H14N2O3. The van der Waals surface area contributed by atoms with Gasteiger partial charge in [0, 0.05) is 6.54 Å². The van der Waals surface area contributed by atoms with Crippen molar-refractivity contribution in [3.63, 3.8) is 0 Å². The zero-order valence-corrected chi connectivity index (χ0v) is 7.32. The third-order valence-corrected chi connectivity index (χ3v) is 2.12. The number of hydrogen-bond donors (Lipinski definition) is 3. The lowest BCUT2D eigenvalue weighted by Crippen LogP contribution is -2.28. The summed E-state index contributed by atoms with van der Waals surface area (Å²) < 4.78 is 0. The molecule has 0 bridgehead atoms. The second-order valence-electron chi connectivity index (χ2n) is 3.22. The molecule has 0 spiro atoms. The quantitative estimate of drug-likeness (QED) is 0.489. The molecule has 5 heteroatoms. The molecule has 0 aromatic carbocycles. The van der Waals surface area contributed by atoms with E-state index in [1.807, 2.05) is 0 Å². The van der Waals surface area contributed by atoms with E-state index >= 15 is 0 Å². The van der Waals surface area contributed by atoms with E-state index in [1.165, 1.54) is 0 Å². The molecule has 0 saturated heterocycles. The summed E-state index contributed by atoms with van der Waals surface area (Å²) in [6.07, 6.45) is 1.21. The van der Waals surface area contributed by atoms with Gasteiger partial charge in [0.25, 0.3) is 0 Å². The van der Waals surface area contributed by atoms with Crippen molar-refractivity contribution in [2.24, 2.45) is 17.6 Å². The second-order valence-corrected chi connectivity index (χ2v) is 3.22. The van der Waals surface area contributed by atoms with Crippen LogP contribution in [0.15, 0.2) is 0 Å². The smallest absolute Gasteiger partial charge is 0.307 e. The lowest BCUT2D eigenvalue weighted by Gasteiger charge is -2.01. The average Bonchev–Trinajstić information content (AvgIpc) is 2.83. The average molecular weight is 186 g/mol. The van der Waals surface area contributed by atoms with Crippen LogP contribution in [0.3, 0.4) is 0 Å². The fourth-order valence-electron chi connectivity index (χ4n) is 1.20. The zero-order chi connectivity index (χ0) is 9.84. The normalized spacial score (nSPS) is 25.3. The molecule has 4 N–H and O–H groups in total. The highest BCUT2D eigenvalue weighted by Crippen LogP contribution is 2.38. The zero-order valence-electron chi connectivity index (χ0n) is 7.32. The number of rotatable bonds is 5. The monoisotopic (exact) mass is 186 g/mol. The van der Waals surface area contributed by atoms with E-state index in [2.05, 4.69) is 5.32 Å². The highest BCUT2D eigenvalue weighted by Gasteiger charge is 2.48. The molecule has 5 nitrogen and oxygen atoms in total. The maximum atomic E-state index is 11.2. The van der Waals surface area contributed by atoms with Crippen LogP contribution in [-0.4, -0.2) is 30.1 Å². The van der Waals surface area contributed by atoms with E-state index in [-0.39, 0.29) is 11.8 Å². The lowest BCUT2D eigenvalue weighted by molar-refractivity contribution is -0.140. The molecule has 1 aliphatic rings. The number of nitrogens with two attached hydrogens (primary N) is 1. The summed E-state index contributed by atoms with van der Waals surface area (Å²) in [4.78, 5) is 21.6. The molecule has 1 rings (SSSR count). The van der Waals surface area contributed by atoms with Crippen molar-refractivity contribution in [3.05, 3.63) is 0 Å². The van der Waals surface area contributed by atoms with Gasteiger partial charge in [0.2, 0.25) is 5.91 Å². The van der Waals surface area contributed by atoms with Gasteiger partial charge in [-0.15, -0.1) is 0 Å². The van der Waals surface area contributed by atoms with E-state index in [0.29, 0.717) is 19.5 Å². The van der Waals surface area contributed by atoms with E-state index in [0.717, 1.165) is 6.42 Å². The molecule has 74 valence electrons. The predicted molar refractivity (Wildman–Crippen MR) is 45.9 cm³/mol. The van der Waals surface area contributed by atoms with Crippen molar-refractivity contribution < 1.29 is 14.7 Å². The van der Waals surface area contributed by atoms with E-state index in [4.69, 9.17) is 10.8 Å². The van der Waals surface area contributed by atoms with Crippen molar-refractivity contribution in [1.29, 1.82) is 0 Å². The van der Waals surface area contributed by atoms with Gasteiger partial charge < -0.3 is 16.2 Å². The van der Waals surface area contributed by atoms with Crippen LogP contribution < -0.4 is 11.1 Å². The van der Waals surface area contributed by atoms with Gasteiger partial charge in [-0.1, -0.05) is 0 Å². The minimum atomic E-state index is -0.876. The first-order valence-corrected chi connectivity index (χ1v) is 4.37. The Balaban J connectivity index is 2.16. The number of aliphatic carboxylic acids is 1. The van der Waals surface area contributed by atoms with Crippen LogP contribution in [0, 0.1) is 11.8 Å². The topological polar surface area (TPSA) is 92.4 Å². The molecule has 13 heavy (non-hydrogen) atoms. The maximum absolute atomic E-state index is 11.2. The van der Waals surface area contributed by atoms with Crippen LogP contribution >= 0.6 is 0 Å². The molecule has 1 aliphatic carbocycles. The van der Waals surface area contributed by atoms with Gasteiger partial charge in [0.1, 0.15) is 0 Å². The Hall–Kier alpha value is -1.10. The standard InChI is InChI=1S/C8H14N2O3/c9-2-1-3-10-7(11)5-4-6(5)8(12)13/h5-6H,1-4,9H2,(H,10,11)(H,12,13). The summed E-state index contributed by atoms with van der Waals surface area (Å²) >= 11 is 0. The molecule has 2 unspecified atom stereocenters. The van der Waals surface area contributed by atoms with E-state index < -0.39 is 11.9 Å². The minimum Gasteiger partial charge on any atom is -0.481 e. The molecule has 1 fully saturated rings. The first kappa shape index (κ1) is 9.98. The molecule has 0 aromatic heterocycles. The Morgan fingerprint density at radius 1 is 1.46 bits per heavy atom. The van der Waals surface area contributed by atoms with Gasteiger partial charge in [-0.2, -0.15) is 0 Å². The summed E-state index contributed by atoms with van der Waals surface area (Å²) in [6, 6.07) is 0. The Morgan fingerprint density at radius 3 is 2.62 bits per heavy atom. The summed E-state index contributed by atoms with van der Waals surface area (Å²) in [5.41, 5.74) is 5.24. The Bertz CT molecular complexity index is 217. The first-order valence-electron chi connectivity index (χ1n) is 4.37. The summed E-state index contributed by atoms with van der Waals surface area (Å²) in [6.45, 7) is 1.07. The fourth-order valence-corrected chi connectivity index (χ4v) is 1.20. The van der Waals surface area contributed by atoms with Crippen LogP contribution in [-0.2, 0) is 9.59 Å². The van der Waals surface area contributed by atoms with Crippen molar-refractivity contribution in [2.75, 3.05) is 13.1 Å². The van der Waals surface area contributed by atoms with Crippen LogP contribution in [0.1, 0.15) is 12.8 Å². The third kappa shape index (κ3) is 2.69. The van der Waals surface area contributed by atoms with Crippen molar-refractivity contribution in [3.8, 4) is 0 Å². The highest BCUT2D eigenvalue weighted by molar-refractivity contribution is 5.89. The van der Waals surface area contributed by atoms with Crippen LogP contribution in [0.5, 0.6) is 0 Å². The number of nitrogens with one attached hydrogen (secondary N) is 1. The molecule has 0 heterocycles. The molecule has 0 aromatic rings. The lowest BCUT2D eigenvalue weighted by atomic mass is 10.3. The van der Waals surface area contributed by atoms with Crippen LogP contribution in [0.4, 0.5) is 0 Å². The molecule has 2 atom stereocenters. The molecule has 0 aliphatic heterocycles. The minimum absolute atomic E-state index is 0.152. The van der Waals surface area contributed by atoms with Crippen molar-refractivity contribution in [1.82, 2.24) is 5.32 Å². The SMILES string of the molecule is NCCCNC(=O)C1CC1C(=O)O. The van der Waals surface area contributed by atoms with Crippen molar-refractivity contribution in [2.45, 2.75) is 12.8 Å². The fraction of sp³-hybridized carbons (Fsp3) is 0.750.